The third-order valence-corrected chi connectivity index (χ3v) is 3.73. The van der Waals surface area contributed by atoms with Gasteiger partial charge in [-0.25, -0.2) is 0 Å². The molecule has 0 spiro atoms. The SMILES string of the molecule is Cc1sc(C(=O)N2CCNCC2)cc1[N+](=O)[O-].Cl. The fourth-order valence-electron chi connectivity index (χ4n) is 1.78. The standard InChI is InChI=1S/C10H13N3O3S.ClH/c1-7-8(13(15)16)6-9(17-7)10(14)12-4-2-11-3-5-12;/h6,11H,2-5H2,1H3;1H. The summed E-state index contributed by atoms with van der Waals surface area (Å²) in [4.78, 5) is 25.1. The second-order valence-corrected chi connectivity index (χ2v) is 5.11. The molecule has 18 heavy (non-hydrogen) atoms. The van der Waals surface area contributed by atoms with Crippen molar-refractivity contribution in [1.82, 2.24) is 10.2 Å². The number of piperazine rings is 1. The minimum atomic E-state index is -0.444. The molecule has 2 heterocycles. The van der Waals surface area contributed by atoms with Crippen LogP contribution >= 0.6 is 23.7 Å². The van der Waals surface area contributed by atoms with Gasteiger partial charge in [0.25, 0.3) is 11.6 Å². The summed E-state index contributed by atoms with van der Waals surface area (Å²) < 4.78 is 0. The normalized spacial score (nSPS) is 15.1. The number of hydrogen-bond acceptors (Lipinski definition) is 5. The van der Waals surface area contributed by atoms with E-state index in [0.29, 0.717) is 22.8 Å². The second-order valence-electron chi connectivity index (χ2n) is 3.85. The highest BCUT2D eigenvalue weighted by atomic mass is 35.5. The van der Waals surface area contributed by atoms with Gasteiger partial charge in [-0.1, -0.05) is 0 Å². The summed E-state index contributed by atoms with van der Waals surface area (Å²) in [6.07, 6.45) is 0. The van der Waals surface area contributed by atoms with Gasteiger partial charge in [-0.15, -0.1) is 23.7 Å². The number of halogens is 1. The quantitative estimate of drug-likeness (QED) is 0.661. The van der Waals surface area contributed by atoms with Crippen molar-refractivity contribution in [3.05, 3.63) is 25.9 Å². The maximum absolute atomic E-state index is 12.1. The number of hydrogen-bond donors (Lipinski definition) is 1. The highest BCUT2D eigenvalue weighted by Crippen LogP contribution is 2.28. The predicted molar refractivity (Wildman–Crippen MR) is 71.7 cm³/mol. The fourth-order valence-corrected chi connectivity index (χ4v) is 2.74. The van der Waals surface area contributed by atoms with E-state index in [-0.39, 0.29) is 24.0 Å². The van der Waals surface area contributed by atoms with Gasteiger partial charge in [0.05, 0.1) is 14.7 Å². The Morgan fingerprint density at radius 1 is 1.50 bits per heavy atom. The largest absolute Gasteiger partial charge is 0.335 e. The Labute approximate surface area is 115 Å². The van der Waals surface area contributed by atoms with E-state index in [9.17, 15) is 14.9 Å². The zero-order valence-electron chi connectivity index (χ0n) is 9.84. The van der Waals surface area contributed by atoms with Gasteiger partial charge < -0.3 is 10.2 Å². The van der Waals surface area contributed by atoms with Gasteiger partial charge >= 0.3 is 0 Å². The molecule has 1 aromatic heterocycles. The van der Waals surface area contributed by atoms with E-state index in [4.69, 9.17) is 0 Å². The second kappa shape index (κ2) is 6.12. The molecule has 0 saturated carbocycles. The monoisotopic (exact) mass is 291 g/mol. The average Bonchev–Trinajstić information content (AvgIpc) is 2.71. The summed E-state index contributed by atoms with van der Waals surface area (Å²) in [6.45, 7) is 4.53. The molecule has 0 aliphatic carbocycles. The first-order valence-electron chi connectivity index (χ1n) is 5.34. The van der Waals surface area contributed by atoms with Crippen LogP contribution in [0.3, 0.4) is 0 Å². The molecule has 0 aromatic carbocycles. The molecule has 8 heteroatoms. The first kappa shape index (κ1) is 14.9. The molecular weight excluding hydrogens is 278 g/mol. The number of nitrogens with zero attached hydrogens (tertiary/aromatic N) is 2. The van der Waals surface area contributed by atoms with Gasteiger partial charge in [0.2, 0.25) is 0 Å². The van der Waals surface area contributed by atoms with Gasteiger partial charge in [0.1, 0.15) is 0 Å². The third-order valence-electron chi connectivity index (χ3n) is 2.70. The topological polar surface area (TPSA) is 75.5 Å². The Kier molecular flexibility index (Phi) is 5.06. The molecule has 100 valence electrons. The van der Waals surface area contributed by atoms with Crippen LogP contribution in [-0.2, 0) is 0 Å². The number of nitro groups is 1. The maximum atomic E-state index is 12.1. The fraction of sp³-hybridized carbons (Fsp3) is 0.500. The Morgan fingerprint density at radius 3 is 2.61 bits per heavy atom. The summed E-state index contributed by atoms with van der Waals surface area (Å²) in [5.41, 5.74) is 0.0356. The van der Waals surface area contributed by atoms with Crippen molar-refractivity contribution in [2.45, 2.75) is 6.92 Å². The molecule has 1 aliphatic rings. The predicted octanol–water partition coefficient (Wildman–Crippen LogP) is 1.43. The van der Waals surface area contributed by atoms with Crippen LogP contribution in [-0.4, -0.2) is 41.9 Å². The number of aryl methyl sites for hydroxylation is 1. The number of nitrogens with one attached hydrogen (secondary N) is 1. The van der Waals surface area contributed by atoms with E-state index in [1.54, 1.807) is 11.8 Å². The Bertz CT molecular complexity index is 457. The lowest BCUT2D eigenvalue weighted by atomic mass is 10.3. The zero-order chi connectivity index (χ0) is 12.4. The molecule has 6 nitrogen and oxygen atoms in total. The molecule has 0 atom stereocenters. The summed E-state index contributed by atoms with van der Waals surface area (Å²) in [5.74, 6) is -0.104. The van der Waals surface area contributed by atoms with Crippen molar-refractivity contribution < 1.29 is 9.72 Å². The van der Waals surface area contributed by atoms with Gasteiger partial charge in [-0.05, 0) is 6.92 Å². The highest BCUT2D eigenvalue weighted by Gasteiger charge is 2.24. The van der Waals surface area contributed by atoms with Crippen LogP contribution in [0.2, 0.25) is 0 Å². The molecule has 1 fully saturated rings. The molecule has 2 rings (SSSR count). The molecule has 0 unspecified atom stereocenters. The summed E-state index contributed by atoms with van der Waals surface area (Å²) in [5, 5.41) is 13.9. The highest BCUT2D eigenvalue weighted by molar-refractivity contribution is 7.14. The van der Waals surface area contributed by atoms with Gasteiger partial charge in [-0.3, -0.25) is 14.9 Å². The van der Waals surface area contributed by atoms with Crippen molar-refractivity contribution in [2.75, 3.05) is 26.2 Å². The van der Waals surface area contributed by atoms with Crippen molar-refractivity contribution in [3.63, 3.8) is 0 Å². The first-order valence-corrected chi connectivity index (χ1v) is 6.16. The Balaban J connectivity index is 0.00000162. The molecule has 0 radical (unpaired) electrons. The minimum absolute atomic E-state index is 0. The minimum Gasteiger partial charge on any atom is -0.335 e. The number of rotatable bonds is 2. The molecule has 1 amide bonds. The van der Waals surface area contributed by atoms with E-state index >= 15 is 0 Å². The van der Waals surface area contributed by atoms with Crippen LogP contribution in [0.4, 0.5) is 5.69 Å². The molecule has 0 bridgehead atoms. The van der Waals surface area contributed by atoms with Gasteiger partial charge in [0, 0.05) is 32.2 Å². The van der Waals surface area contributed by atoms with Crippen LogP contribution in [0.1, 0.15) is 14.5 Å². The first-order chi connectivity index (χ1) is 8.09. The van der Waals surface area contributed by atoms with Crippen LogP contribution in [0, 0.1) is 17.0 Å². The number of carbonyl (C=O) groups is 1. The van der Waals surface area contributed by atoms with Crippen molar-refractivity contribution in [2.24, 2.45) is 0 Å². The number of amides is 1. The smallest absolute Gasteiger partial charge is 0.283 e. The number of carbonyl (C=O) groups excluding carboxylic acids is 1. The van der Waals surface area contributed by atoms with Crippen LogP contribution in [0.25, 0.3) is 0 Å². The summed E-state index contributed by atoms with van der Waals surface area (Å²) >= 11 is 1.19. The third kappa shape index (κ3) is 2.98. The summed E-state index contributed by atoms with van der Waals surface area (Å²) in [6, 6.07) is 1.38. The molecule has 1 N–H and O–H groups in total. The molecule has 1 aromatic rings. The number of thiophene rings is 1. The van der Waals surface area contributed by atoms with Crippen LogP contribution in [0.15, 0.2) is 6.07 Å². The lowest BCUT2D eigenvalue weighted by Crippen LogP contribution is -2.46. The Hall–Kier alpha value is -1.18. The van der Waals surface area contributed by atoms with Crippen molar-refractivity contribution >= 4 is 35.3 Å². The van der Waals surface area contributed by atoms with E-state index in [1.165, 1.54) is 17.4 Å². The van der Waals surface area contributed by atoms with Gasteiger partial charge in [-0.2, -0.15) is 0 Å². The molecule has 1 aliphatic heterocycles. The summed E-state index contributed by atoms with van der Waals surface area (Å²) in [7, 11) is 0. The molecule has 1 saturated heterocycles. The average molecular weight is 292 g/mol. The van der Waals surface area contributed by atoms with Crippen LogP contribution < -0.4 is 5.32 Å². The lowest BCUT2D eigenvalue weighted by molar-refractivity contribution is -0.385. The van der Waals surface area contributed by atoms with Crippen molar-refractivity contribution in [3.8, 4) is 0 Å². The van der Waals surface area contributed by atoms with E-state index < -0.39 is 4.92 Å². The van der Waals surface area contributed by atoms with Crippen molar-refractivity contribution in [1.29, 1.82) is 0 Å². The van der Waals surface area contributed by atoms with Crippen LogP contribution in [0.5, 0.6) is 0 Å². The maximum Gasteiger partial charge on any atom is 0.283 e. The zero-order valence-corrected chi connectivity index (χ0v) is 11.5. The lowest BCUT2D eigenvalue weighted by Gasteiger charge is -2.26. The Morgan fingerprint density at radius 2 is 2.11 bits per heavy atom. The van der Waals surface area contributed by atoms with E-state index in [2.05, 4.69) is 5.32 Å². The van der Waals surface area contributed by atoms with E-state index in [1.807, 2.05) is 0 Å². The van der Waals surface area contributed by atoms with E-state index in [0.717, 1.165) is 13.1 Å². The molecular formula is C10H14ClN3O3S. The van der Waals surface area contributed by atoms with Gasteiger partial charge in [0.15, 0.2) is 0 Å².